The fourth-order valence-electron chi connectivity index (χ4n) is 3.09. The van der Waals surface area contributed by atoms with Crippen LogP contribution in [0.5, 0.6) is 0 Å². The molecule has 2 heterocycles. The molecule has 28 heavy (non-hydrogen) atoms. The van der Waals surface area contributed by atoms with Gasteiger partial charge in [-0.05, 0) is 63.1 Å². The van der Waals surface area contributed by atoms with E-state index < -0.39 is 22.0 Å². The summed E-state index contributed by atoms with van der Waals surface area (Å²) >= 11 is 1.20. The lowest BCUT2D eigenvalue weighted by molar-refractivity contribution is -0.119. The molecule has 1 aromatic carbocycles. The first-order chi connectivity index (χ1) is 13.3. The Morgan fingerprint density at radius 3 is 2.54 bits per heavy atom. The Kier molecular flexibility index (Phi) is 6.17. The third-order valence-electron chi connectivity index (χ3n) is 4.45. The third kappa shape index (κ3) is 4.26. The molecule has 1 saturated heterocycles. The Hall–Kier alpha value is -2.23. The van der Waals surface area contributed by atoms with Crippen molar-refractivity contribution in [2.24, 2.45) is 0 Å². The molecular formula is C19H22N2O5S2. The van der Waals surface area contributed by atoms with E-state index in [-0.39, 0.29) is 16.7 Å². The Morgan fingerprint density at radius 1 is 1.21 bits per heavy atom. The molecule has 0 aliphatic carbocycles. The summed E-state index contributed by atoms with van der Waals surface area (Å²) in [5.74, 6) is -0.807. The highest BCUT2D eigenvalue weighted by atomic mass is 32.2. The molecule has 7 nitrogen and oxygen atoms in total. The lowest BCUT2D eigenvalue weighted by atomic mass is 10.2. The van der Waals surface area contributed by atoms with E-state index in [1.165, 1.54) is 15.6 Å². The van der Waals surface area contributed by atoms with Crippen molar-refractivity contribution >= 4 is 38.9 Å². The predicted molar refractivity (Wildman–Crippen MR) is 107 cm³/mol. The standard InChI is InChI=1S/C19H22N2O5S2/c1-3-26-19(23)14-7-9-15(10-8-14)20-18(22)16-5-4-12-21(16)28(24,25)17-11-6-13(2)27-17/h6-11,16H,3-5,12H2,1-2H3,(H,20,22). The van der Waals surface area contributed by atoms with E-state index in [1.807, 2.05) is 6.92 Å². The predicted octanol–water partition coefficient (Wildman–Crippen LogP) is 3.03. The number of hydrogen-bond acceptors (Lipinski definition) is 6. The normalized spacial score (nSPS) is 17.4. The van der Waals surface area contributed by atoms with Gasteiger partial charge in [-0.1, -0.05) is 0 Å². The van der Waals surface area contributed by atoms with Gasteiger partial charge in [-0.3, -0.25) is 4.79 Å². The van der Waals surface area contributed by atoms with Gasteiger partial charge in [0.2, 0.25) is 5.91 Å². The molecule has 9 heteroatoms. The highest BCUT2D eigenvalue weighted by Crippen LogP contribution is 2.30. The van der Waals surface area contributed by atoms with E-state index in [0.717, 1.165) is 4.88 Å². The Balaban J connectivity index is 1.72. The number of nitrogens with one attached hydrogen (secondary N) is 1. The number of amides is 1. The molecule has 1 aromatic heterocycles. The lowest BCUT2D eigenvalue weighted by Gasteiger charge is -2.22. The molecule has 3 rings (SSSR count). The van der Waals surface area contributed by atoms with Crippen LogP contribution in [0, 0.1) is 6.92 Å². The molecule has 0 saturated carbocycles. The Labute approximate surface area is 168 Å². The van der Waals surface area contributed by atoms with E-state index in [9.17, 15) is 18.0 Å². The molecule has 2 aromatic rings. The smallest absolute Gasteiger partial charge is 0.338 e. The first kappa shape index (κ1) is 20.5. The van der Waals surface area contributed by atoms with Crippen molar-refractivity contribution in [2.75, 3.05) is 18.5 Å². The SMILES string of the molecule is CCOC(=O)c1ccc(NC(=O)C2CCCN2S(=O)(=O)c2ccc(C)s2)cc1. The van der Waals surface area contributed by atoms with Crippen LogP contribution < -0.4 is 5.32 Å². The molecule has 0 radical (unpaired) electrons. The van der Waals surface area contributed by atoms with E-state index in [2.05, 4.69) is 5.32 Å². The van der Waals surface area contributed by atoms with Gasteiger partial charge in [-0.2, -0.15) is 4.31 Å². The molecule has 1 unspecified atom stereocenters. The molecule has 1 N–H and O–H groups in total. The summed E-state index contributed by atoms with van der Waals surface area (Å²) in [4.78, 5) is 25.3. The summed E-state index contributed by atoms with van der Waals surface area (Å²) in [5.41, 5.74) is 0.882. The van der Waals surface area contributed by atoms with Crippen LogP contribution in [0.4, 0.5) is 5.69 Å². The van der Waals surface area contributed by atoms with E-state index in [4.69, 9.17) is 4.74 Å². The number of sulfonamides is 1. The highest BCUT2D eigenvalue weighted by Gasteiger charge is 2.40. The zero-order valence-corrected chi connectivity index (χ0v) is 17.3. The fourth-order valence-corrected chi connectivity index (χ4v) is 6.15. The maximum atomic E-state index is 12.9. The topological polar surface area (TPSA) is 92.8 Å². The van der Waals surface area contributed by atoms with Crippen molar-refractivity contribution in [1.82, 2.24) is 4.31 Å². The second-order valence-corrected chi connectivity index (χ2v) is 9.83. The van der Waals surface area contributed by atoms with Gasteiger partial charge in [0.1, 0.15) is 10.3 Å². The molecule has 1 amide bonds. The van der Waals surface area contributed by atoms with Crippen LogP contribution in [0.25, 0.3) is 0 Å². The number of benzene rings is 1. The molecule has 1 fully saturated rings. The van der Waals surface area contributed by atoms with Crippen molar-refractivity contribution in [3.8, 4) is 0 Å². The summed E-state index contributed by atoms with van der Waals surface area (Å²) in [5, 5.41) is 2.75. The zero-order chi connectivity index (χ0) is 20.3. The largest absolute Gasteiger partial charge is 0.462 e. The number of carbonyl (C=O) groups is 2. The minimum absolute atomic E-state index is 0.253. The van der Waals surface area contributed by atoms with Gasteiger partial charge in [-0.25, -0.2) is 13.2 Å². The number of anilines is 1. The monoisotopic (exact) mass is 422 g/mol. The third-order valence-corrected chi connectivity index (χ3v) is 7.82. The molecule has 1 aliphatic rings. The number of aryl methyl sites for hydroxylation is 1. The van der Waals surface area contributed by atoms with Crippen LogP contribution in [-0.2, 0) is 19.6 Å². The van der Waals surface area contributed by atoms with E-state index in [1.54, 1.807) is 43.3 Å². The number of rotatable bonds is 6. The number of ether oxygens (including phenoxy) is 1. The second-order valence-electron chi connectivity index (χ2n) is 6.43. The molecule has 1 aliphatic heterocycles. The minimum atomic E-state index is -3.70. The summed E-state index contributed by atoms with van der Waals surface area (Å²) in [6.45, 7) is 4.18. The van der Waals surface area contributed by atoms with Crippen molar-refractivity contribution in [3.05, 3.63) is 46.8 Å². The van der Waals surface area contributed by atoms with Crippen molar-refractivity contribution in [3.63, 3.8) is 0 Å². The second kappa shape index (κ2) is 8.42. The molecule has 1 atom stereocenters. The number of esters is 1. The molecule has 0 spiro atoms. The first-order valence-electron chi connectivity index (χ1n) is 8.99. The van der Waals surface area contributed by atoms with Gasteiger partial charge in [0.15, 0.2) is 0 Å². The number of carbonyl (C=O) groups excluding carboxylic acids is 2. The van der Waals surface area contributed by atoms with Crippen LogP contribution in [0.2, 0.25) is 0 Å². The highest BCUT2D eigenvalue weighted by molar-refractivity contribution is 7.91. The number of thiophene rings is 1. The van der Waals surface area contributed by atoms with Crippen LogP contribution in [0.15, 0.2) is 40.6 Å². The number of nitrogens with zero attached hydrogens (tertiary/aromatic N) is 1. The number of hydrogen-bond donors (Lipinski definition) is 1. The first-order valence-corrected chi connectivity index (χ1v) is 11.2. The van der Waals surface area contributed by atoms with Crippen LogP contribution in [-0.4, -0.2) is 43.8 Å². The van der Waals surface area contributed by atoms with Gasteiger partial charge in [0, 0.05) is 17.1 Å². The lowest BCUT2D eigenvalue weighted by Crippen LogP contribution is -2.42. The Bertz CT molecular complexity index is 966. The summed E-state index contributed by atoms with van der Waals surface area (Å²) < 4.78 is 32.3. The van der Waals surface area contributed by atoms with Crippen LogP contribution in [0.1, 0.15) is 35.0 Å². The van der Waals surface area contributed by atoms with Crippen LogP contribution in [0.3, 0.4) is 0 Å². The summed E-state index contributed by atoms with van der Waals surface area (Å²) in [6, 6.07) is 8.90. The van der Waals surface area contributed by atoms with Gasteiger partial charge in [-0.15, -0.1) is 11.3 Å². The van der Waals surface area contributed by atoms with E-state index >= 15 is 0 Å². The fraction of sp³-hybridized carbons (Fsp3) is 0.368. The van der Waals surface area contributed by atoms with Gasteiger partial charge in [0.05, 0.1) is 12.2 Å². The van der Waals surface area contributed by atoms with Crippen molar-refractivity contribution in [1.29, 1.82) is 0 Å². The zero-order valence-electron chi connectivity index (χ0n) is 15.7. The maximum Gasteiger partial charge on any atom is 0.338 e. The average molecular weight is 423 g/mol. The summed E-state index contributed by atoms with van der Waals surface area (Å²) in [6.07, 6.45) is 1.10. The van der Waals surface area contributed by atoms with Gasteiger partial charge < -0.3 is 10.1 Å². The molecular weight excluding hydrogens is 400 g/mol. The maximum absolute atomic E-state index is 12.9. The average Bonchev–Trinajstić information content (AvgIpc) is 3.32. The molecule has 0 bridgehead atoms. The Morgan fingerprint density at radius 2 is 1.93 bits per heavy atom. The van der Waals surface area contributed by atoms with Gasteiger partial charge >= 0.3 is 5.97 Å². The van der Waals surface area contributed by atoms with Crippen molar-refractivity contribution in [2.45, 2.75) is 36.9 Å². The van der Waals surface area contributed by atoms with Gasteiger partial charge in [0.25, 0.3) is 10.0 Å². The van der Waals surface area contributed by atoms with Crippen molar-refractivity contribution < 1.29 is 22.7 Å². The van der Waals surface area contributed by atoms with Crippen LogP contribution >= 0.6 is 11.3 Å². The van der Waals surface area contributed by atoms with E-state index in [0.29, 0.717) is 30.6 Å². The molecule has 150 valence electrons. The minimum Gasteiger partial charge on any atom is -0.462 e. The quantitative estimate of drug-likeness (QED) is 0.723. The summed E-state index contributed by atoms with van der Waals surface area (Å²) in [7, 11) is -3.70.